The van der Waals surface area contributed by atoms with E-state index in [4.69, 9.17) is 0 Å². The van der Waals surface area contributed by atoms with Gasteiger partial charge in [0.25, 0.3) is 5.91 Å². The zero-order valence-electron chi connectivity index (χ0n) is 12.8. The first-order valence-corrected chi connectivity index (χ1v) is 7.44. The van der Waals surface area contributed by atoms with Gasteiger partial charge >= 0.3 is 0 Å². The number of aromatic nitrogens is 2. The molecule has 2 aromatic carbocycles. The number of amides is 1. The average Bonchev–Trinajstić information content (AvgIpc) is 3.14. The number of aliphatic hydroxyl groups is 1. The fraction of sp³-hybridized carbons (Fsp3) is 0.111. The van der Waals surface area contributed by atoms with E-state index in [2.05, 4.69) is 10.3 Å². The molecule has 3 aromatic rings. The molecule has 24 heavy (non-hydrogen) atoms. The first kappa shape index (κ1) is 15.9. The van der Waals surface area contributed by atoms with Crippen LogP contribution in [0.4, 0.5) is 4.39 Å². The molecular weight excluding hydrogens is 309 g/mol. The van der Waals surface area contributed by atoms with Crippen molar-refractivity contribution in [3.8, 4) is 5.69 Å². The lowest BCUT2D eigenvalue weighted by molar-refractivity contribution is 0.0914. The van der Waals surface area contributed by atoms with Gasteiger partial charge in [0.2, 0.25) is 0 Å². The lowest BCUT2D eigenvalue weighted by Crippen LogP contribution is -2.28. The number of hydrogen-bond acceptors (Lipinski definition) is 3. The normalized spacial score (nSPS) is 11.9. The Bertz CT molecular complexity index is 817. The van der Waals surface area contributed by atoms with Gasteiger partial charge in [-0.15, -0.1) is 0 Å². The summed E-state index contributed by atoms with van der Waals surface area (Å²) in [6.45, 7) is -0.0664. The number of rotatable bonds is 5. The molecule has 1 unspecified atom stereocenters. The van der Waals surface area contributed by atoms with Crippen LogP contribution in [-0.4, -0.2) is 27.1 Å². The van der Waals surface area contributed by atoms with Crippen LogP contribution in [0.1, 0.15) is 22.0 Å². The summed E-state index contributed by atoms with van der Waals surface area (Å²) >= 11 is 0. The average molecular weight is 325 g/mol. The van der Waals surface area contributed by atoms with Crippen LogP contribution in [-0.2, 0) is 0 Å². The molecule has 0 bridgehead atoms. The van der Waals surface area contributed by atoms with Gasteiger partial charge in [0.1, 0.15) is 5.82 Å². The highest BCUT2D eigenvalue weighted by Crippen LogP contribution is 2.16. The van der Waals surface area contributed by atoms with Crippen molar-refractivity contribution < 1.29 is 14.3 Å². The zero-order chi connectivity index (χ0) is 16.9. The Hall–Kier alpha value is -2.99. The van der Waals surface area contributed by atoms with Gasteiger partial charge in [0, 0.05) is 35.8 Å². The summed E-state index contributed by atoms with van der Waals surface area (Å²) in [4.78, 5) is 16.1. The van der Waals surface area contributed by atoms with Crippen LogP contribution < -0.4 is 5.32 Å². The maximum absolute atomic E-state index is 13.6. The van der Waals surface area contributed by atoms with Crippen LogP contribution in [0.3, 0.4) is 0 Å². The fourth-order valence-corrected chi connectivity index (χ4v) is 2.34. The largest absolute Gasteiger partial charge is 0.386 e. The van der Waals surface area contributed by atoms with Crippen molar-refractivity contribution in [1.82, 2.24) is 14.9 Å². The molecule has 3 rings (SSSR count). The molecule has 2 N–H and O–H groups in total. The maximum atomic E-state index is 13.6. The van der Waals surface area contributed by atoms with Gasteiger partial charge in [0.05, 0.1) is 12.4 Å². The number of carbonyl (C=O) groups excluding carboxylic acids is 1. The van der Waals surface area contributed by atoms with Crippen LogP contribution in [0, 0.1) is 5.82 Å². The molecule has 0 aliphatic carbocycles. The van der Waals surface area contributed by atoms with E-state index in [0.29, 0.717) is 5.56 Å². The predicted molar refractivity (Wildman–Crippen MR) is 87.3 cm³/mol. The number of carbonyl (C=O) groups is 1. The second kappa shape index (κ2) is 7.06. The number of hydrogen-bond donors (Lipinski definition) is 2. The van der Waals surface area contributed by atoms with Crippen molar-refractivity contribution in [3.05, 3.63) is 84.2 Å². The predicted octanol–water partition coefficient (Wildman–Crippen LogP) is 2.47. The summed E-state index contributed by atoms with van der Waals surface area (Å²) in [5.74, 6) is -0.827. The Morgan fingerprint density at radius 1 is 1.21 bits per heavy atom. The second-order valence-corrected chi connectivity index (χ2v) is 5.26. The second-order valence-electron chi connectivity index (χ2n) is 5.26. The number of imidazole rings is 1. The third-order valence-electron chi connectivity index (χ3n) is 3.65. The quantitative estimate of drug-likeness (QED) is 0.757. The number of nitrogens with one attached hydrogen (secondary N) is 1. The van der Waals surface area contributed by atoms with Crippen LogP contribution in [0.5, 0.6) is 0 Å². The molecule has 1 aromatic heterocycles. The van der Waals surface area contributed by atoms with Crippen molar-refractivity contribution in [2.45, 2.75) is 6.10 Å². The molecular formula is C18H16FN3O2. The molecule has 1 amide bonds. The van der Waals surface area contributed by atoms with E-state index in [1.165, 1.54) is 12.1 Å². The minimum atomic E-state index is -1.10. The van der Waals surface area contributed by atoms with Gasteiger partial charge in [-0.25, -0.2) is 9.37 Å². The van der Waals surface area contributed by atoms with Gasteiger partial charge in [-0.1, -0.05) is 18.2 Å². The summed E-state index contributed by atoms with van der Waals surface area (Å²) in [6.07, 6.45) is 4.05. The van der Waals surface area contributed by atoms with Gasteiger partial charge in [-0.05, 0) is 30.3 Å². The number of aliphatic hydroxyl groups excluding tert-OH is 1. The summed E-state index contributed by atoms with van der Waals surface area (Å²) < 4.78 is 15.4. The van der Waals surface area contributed by atoms with E-state index in [-0.39, 0.29) is 18.0 Å². The third kappa shape index (κ3) is 3.49. The van der Waals surface area contributed by atoms with Gasteiger partial charge in [-0.2, -0.15) is 0 Å². The minimum absolute atomic E-state index is 0.0664. The van der Waals surface area contributed by atoms with Gasteiger partial charge < -0.3 is 15.0 Å². The Balaban J connectivity index is 1.62. The van der Waals surface area contributed by atoms with E-state index in [9.17, 15) is 14.3 Å². The van der Waals surface area contributed by atoms with Gasteiger partial charge in [0.15, 0.2) is 0 Å². The minimum Gasteiger partial charge on any atom is -0.386 e. The van der Waals surface area contributed by atoms with E-state index in [0.717, 1.165) is 5.69 Å². The van der Waals surface area contributed by atoms with Crippen molar-refractivity contribution in [1.29, 1.82) is 0 Å². The lowest BCUT2D eigenvalue weighted by Gasteiger charge is -2.13. The SMILES string of the molecule is O=C(NCC(O)c1ccccc1F)c1ccc(-n2ccnc2)cc1. The van der Waals surface area contributed by atoms with Crippen molar-refractivity contribution >= 4 is 5.91 Å². The highest BCUT2D eigenvalue weighted by atomic mass is 19.1. The first-order valence-electron chi connectivity index (χ1n) is 7.44. The number of nitrogens with zero attached hydrogens (tertiary/aromatic N) is 2. The standard InChI is InChI=1S/C18H16FN3O2/c19-16-4-2-1-3-15(16)17(23)11-21-18(24)13-5-7-14(8-6-13)22-10-9-20-12-22/h1-10,12,17,23H,11H2,(H,21,24). The summed E-state index contributed by atoms with van der Waals surface area (Å²) in [6, 6.07) is 12.9. The highest BCUT2D eigenvalue weighted by molar-refractivity contribution is 5.94. The first-order chi connectivity index (χ1) is 11.6. The monoisotopic (exact) mass is 325 g/mol. The van der Waals surface area contributed by atoms with Crippen molar-refractivity contribution in [2.75, 3.05) is 6.54 Å². The molecule has 0 aliphatic heterocycles. The van der Waals surface area contributed by atoms with E-state index in [1.807, 2.05) is 4.57 Å². The third-order valence-corrected chi connectivity index (χ3v) is 3.65. The van der Waals surface area contributed by atoms with E-state index >= 15 is 0 Å². The lowest BCUT2D eigenvalue weighted by atomic mass is 10.1. The molecule has 0 radical (unpaired) electrons. The maximum Gasteiger partial charge on any atom is 0.251 e. The van der Waals surface area contributed by atoms with E-state index in [1.54, 1.807) is 55.1 Å². The zero-order valence-corrected chi connectivity index (χ0v) is 12.8. The molecule has 122 valence electrons. The molecule has 0 saturated carbocycles. The molecule has 1 atom stereocenters. The topological polar surface area (TPSA) is 67.2 Å². The van der Waals surface area contributed by atoms with Crippen molar-refractivity contribution in [2.24, 2.45) is 0 Å². The molecule has 1 heterocycles. The number of benzene rings is 2. The Labute approximate surface area is 138 Å². The summed E-state index contributed by atoms with van der Waals surface area (Å²) in [5, 5.41) is 12.6. The van der Waals surface area contributed by atoms with Crippen LogP contribution >= 0.6 is 0 Å². The summed E-state index contributed by atoms with van der Waals surface area (Å²) in [7, 11) is 0. The molecule has 6 heteroatoms. The molecule has 5 nitrogen and oxygen atoms in total. The van der Waals surface area contributed by atoms with E-state index < -0.39 is 11.9 Å². The Morgan fingerprint density at radius 2 is 1.96 bits per heavy atom. The fourth-order valence-electron chi connectivity index (χ4n) is 2.34. The summed E-state index contributed by atoms with van der Waals surface area (Å²) in [5.41, 5.74) is 1.50. The molecule has 0 aliphatic rings. The van der Waals surface area contributed by atoms with Crippen LogP contribution in [0.2, 0.25) is 0 Å². The molecule has 0 saturated heterocycles. The molecule has 0 fully saturated rings. The Morgan fingerprint density at radius 3 is 2.62 bits per heavy atom. The van der Waals surface area contributed by atoms with Crippen LogP contribution in [0.15, 0.2) is 67.3 Å². The van der Waals surface area contributed by atoms with Crippen molar-refractivity contribution in [3.63, 3.8) is 0 Å². The molecule has 0 spiro atoms. The number of halogens is 1. The highest BCUT2D eigenvalue weighted by Gasteiger charge is 2.14. The Kier molecular flexibility index (Phi) is 4.67. The van der Waals surface area contributed by atoms with Gasteiger partial charge in [-0.3, -0.25) is 4.79 Å². The smallest absolute Gasteiger partial charge is 0.251 e. The van der Waals surface area contributed by atoms with Crippen LogP contribution in [0.25, 0.3) is 5.69 Å².